The second-order valence-corrected chi connectivity index (χ2v) is 14.7. The van der Waals surface area contributed by atoms with E-state index < -0.39 is 13.2 Å². The van der Waals surface area contributed by atoms with Crippen LogP contribution in [0.4, 0.5) is 0 Å². The van der Waals surface area contributed by atoms with Gasteiger partial charge in [-0.2, -0.15) is 0 Å². The zero-order valence-corrected chi connectivity index (χ0v) is 17.2. The number of unbranched alkanes of at least 4 members (excludes halogenated alkanes) is 3. The fourth-order valence-corrected chi connectivity index (χ4v) is 6.87. The van der Waals surface area contributed by atoms with Gasteiger partial charge in [0.2, 0.25) is 0 Å². The maximum absolute atomic E-state index is 4.87. The van der Waals surface area contributed by atoms with Gasteiger partial charge in [0, 0.05) is 7.26 Å². The van der Waals surface area contributed by atoms with Gasteiger partial charge in [0.05, 0.1) is 24.6 Å². The first kappa shape index (κ1) is 23.0. The quantitative estimate of drug-likeness (QED) is 0.340. The number of rotatable bonds is 10. The van der Waals surface area contributed by atoms with Crippen LogP contribution in [0.3, 0.4) is 0 Å². The summed E-state index contributed by atoms with van der Waals surface area (Å²) in [5.74, 6) is -1.20. The summed E-state index contributed by atoms with van der Waals surface area (Å²) in [5, 5.41) is 0. The van der Waals surface area contributed by atoms with E-state index in [0.717, 1.165) is 0 Å². The third kappa shape index (κ3) is 15.9. The standard InChI is InChI=1S/C14H32P.Cl3P/c1-5-9-12-15(8-4,13-10-6-2)14-11-7-3;1-4(2)3/h5-14H2,1-4H3;/q+1;. The number of halogens is 3. The van der Waals surface area contributed by atoms with Gasteiger partial charge < -0.3 is 0 Å². The van der Waals surface area contributed by atoms with Crippen LogP contribution in [-0.2, 0) is 0 Å². The molecule has 0 rings (SSSR count). The van der Waals surface area contributed by atoms with Crippen molar-refractivity contribution in [2.24, 2.45) is 0 Å². The van der Waals surface area contributed by atoms with Crippen molar-refractivity contribution in [1.29, 1.82) is 0 Å². The highest BCUT2D eigenvalue weighted by molar-refractivity contribution is 8.20. The van der Waals surface area contributed by atoms with Crippen molar-refractivity contribution < 1.29 is 0 Å². The minimum Gasteiger partial charge on any atom is -0.0652 e. The Bertz CT molecular complexity index is 154. The Morgan fingerprint density at radius 1 is 0.684 bits per heavy atom. The van der Waals surface area contributed by atoms with E-state index in [-0.39, 0.29) is 0 Å². The van der Waals surface area contributed by atoms with Crippen molar-refractivity contribution in [3.63, 3.8) is 0 Å². The minimum absolute atomic E-state index is 0.527. The van der Waals surface area contributed by atoms with E-state index >= 15 is 0 Å². The van der Waals surface area contributed by atoms with E-state index in [9.17, 15) is 0 Å². The predicted molar refractivity (Wildman–Crippen MR) is 101 cm³/mol. The largest absolute Gasteiger partial charge is 0.179 e. The first-order valence-corrected chi connectivity index (χ1v) is 14.2. The van der Waals surface area contributed by atoms with E-state index in [1.165, 1.54) is 44.7 Å². The second-order valence-electron chi connectivity index (χ2n) is 5.08. The second kappa shape index (κ2) is 16.1. The molecule has 5 heteroatoms. The topological polar surface area (TPSA) is 0 Å². The summed E-state index contributed by atoms with van der Waals surface area (Å²) in [4.78, 5) is 0. The lowest BCUT2D eigenvalue weighted by atomic mass is 10.4. The molecule has 0 saturated carbocycles. The highest BCUT2D eigenvalue weighted by atomic mass is 36.0. The molecule has 0 atom stereocenters. The Morgan fingerprint density at radius 3 is 1.11 bits per heavy atom. The Labute approximate surface area is 137 Å². The monoisotopic (exact) mass is 367 g/mol. The maximum Gasteiger partial charge on any atom is 0.179 e. The van der Waals surface area contributed by atoms with Crippen LogP contribution < -0.4 is 0 Å². The van der Waals surface area contributed by atoms with Gasteiger partial charge in [0.25, 0.3) is 0 Å². The molecule has 0 aliphatic heterocycles. The molecular weight excluding hydrogens is 336 g/mol. The molecule has 0 N–H and O–H groups in total. The Hall–Kier alpha value is 1.73. The molecule has 0 heterocycles. The van der Waals surface area contributed by atoms with Crippen molar-refractivity contribution in [1.82, 2.24) is 0 Å². The van der Waals surface area contributed by atoms with Crippen LogP contribution in [0, 0.1) is 0 Å². The summed E-state index contributed by atoms with van der Waals surface area (Å²) in [7, 11) is -0.527. The highest BCUT2D eigenvalue weighted by Crippen LogP contribution is 2.60. The lowest BCUT2D eigenvalue weighted by Crippen LogP contribution is -2.11. The molecule has 0 nitrogen and oxygen atoms in total. The molecule has 0 aliphatic rings. The Kier molecular flexibility index (Phi) is 19.5. The third-order valence-electron chi connectivity index (χ3n) is 3.63. The van der Waals surface area contributed by atoms with E-state index in [1.54, 1.807) is 18.5 Å². The summed E-state index contributed by atoms with van der Waals surface area (Å²) >= 11 is 14.6. The zero-order chi connectivity index (χ0) is 15.1. The number of hydrogen-bond acceptors (Lipinski definition) is 0. The molecule has 0 aliphatic carbocycles. The van der Waals surface area contributed by atoms with E-state index in [1.807, 2.05) is 0 Å². The van der Waals surface area contributed by atoms with E-state index in [0.29, 0.717) is 0 Å². The molecule has 0 spiro atoms. The fraction of sp³-hybridized carbons (Fsp3) is 1.00. The Balaban J connectivity index is 0. The molecule has 0 saturated heterocycles. The normalized spacial score (nSPS) is 11.4. The highest BCUT2D eigenvalue weighted by Gasteiger charge is 2.32. The van der Waals surface area contributed by atoms with Gasteiger partial charge in [-0.15, -0.1) is 0 Å². The molecule has 0 fully saturated rings. The summed E-state index contributed by atoms with van der Waals surface area (Å²) in [5.41, 5.74) is 0. The van der Waals surface area contributed by atoms with Crippen LogP contribution in [0.5, 0.6) is 0 Å². The average Bonchev–Trinajstić information content (AvgIpc) is 2.38. The average molecular weight is 369 g/mol. The maximum atomic E-state index is 4.87. The molecule has 0 unspecified atom stereocenters. The SMILES string of the molecule is CCCC[P+](CC)(CCCC)CCCC.ClP(Cl)Cl. The Morgan fingerprint density at radius 2 is 0.947 bits per heavy atom. The van der Waals surface area contributed by atoms with Gasteiger partial charge in [0.1, 0.15) is 0 Å². The van der Waals surface area contributed by atoms with Gasteiger partial charge in [-0.1, -0.05) is 73.8 Å². The molecule has 0 aromatic heterocycles. The van der Waals surface area contributed by atoms with Crippen LogP contribution >= 0.6 is 47.0 Å². The van der Waals surface area contributed by atoms with Crippen molar-refractivity contribution in [2.75, 3.05) is 24.6 Å². The van der Waals surface area contributed by atoms with Gasteiger partial charge >= 0.3 is 0 Å². The lowest BCUT2D eigenvalue weighted by Gasteiger charge is -2.26. The van der Waals surface area contributed by atoms with Gasteiger partial charge in [-0.3, -0.25) is 0 Å². The molecule has 0 aromatic carbocycles. The van der Waals surface area contributed by atoms with Crippen molar-refractivity contribution in [2.45, 2.75) is 66.2 Å². The van der Waals surface area contributed by atoms with Gasteiger partial charge in [-0.25, -0.2) is 0 Å². The van der Waals surface area contributed by atoms with Crippen LogP contribution in [0.1, 0.15) is 66.2 Å². The zero-order valence-electron chi connectivity index (χ0n) is 13.1. The first-order valence-electron chi connectivity index (χ1n) is 7.60. The smallest absolute Gasteiger partial charge is 0.0652 e. The minimum atomic E-state index is -1.20. The van der Waals surface area contributed by atoms with Crippen LogP contribution in [0.2, 0.25) is 0 Å². The first-order chi connectivity index (χ1) is 8.97. The molecule has 0 bridgehead atoms. The van der Waals surface area contributed by atoms with E-state index in [4.69, 9.17) is 33.7 Å². The molecule has 0 aromatic rings. The van der Waals surface area contributed by atoms with Crippen molar-refractivity contribution in [3.05, 3.63) is 0 Å². The van der Waals surface area contributed by atoms with Gasteiger partial charge in [0.15, 0.2) is 5.98 Å². The van der Waals surface area contributed by atoms with Crippen molar-refractivity contribution in [3.8, 4) is 0 Å². The summed E-state index contributed by atoms with van der Waals surface area (Å²) in [6.45, 7) is 9.46. The summed E-state index contributed by atoms with van der Waals surface area (Å²) in [6, 6.07) is 0. The predicted octanol–water partition coefficient (Wildman–Crippen LogP) is 8.35. The molecule has 0 amide bonds. The molecular formula is C14H32Cl3P2+. The van der Waals surface area contributed by atoms with E-state index in [2.05, 4.69) is 27.7 Å². The molecule has 19 heavy (non-hydrogen) atoms. The lowest BCUT2D eigenvalue weighted by molar-refractivity contribution is 0.834. The summed E-state index contributed by atoms with van der Waals surface area (Å²) in [6.07, 6.45) is 14.9. The fourth-order valence-electron chi connectivity index (χ4n) is 2.29. The van der Waals surface area contributed by atoms with Crippen LogP contribution in [0.15, 0.2) is 0 Å². The van der Waals surface area contributed by atoms with Crippen LogP contribution in [-0.4, -0.2) is 24.6 Å². The van der Waals surface area contributed by atoms with Crippen LogP contribution in [0.25, 0.3) is 0 Å². The summed E-state index contributed by atoms with van der Waals surface area (Å²) < 4.78 is 0. The third-order valence-corrected chi connectivity index (χ3v) is 8.77. The molecule has 118 valence electrons. The number of hydrogen-bond donors (Lipinski definition) is 0. The molecule has 0 radical (unpaired) electrons. The van der Waals surface area contributed by atoms with Gasteiger partial charge in [-0.05, 0) is 26.2 Å². The van der Waals surface area contributed by atoms with Crippen molar-refractivity contribution >= 4 is 47.0 Å².